The minimum atomic E-state index is 0.920. The normalized spacial score (nSPS) is 11.2. The summed E-state index contributed by atoms with van der Waals surface area (Å²) in [6.07, 6.45) is 19.1. The first-order chi connectivity index (χ1) is 25.1. The first-order valence-corrected chi connectivity index (χ1v) is 21.9. The van der Waals surface area contributed by atoms with Crippen molar-refractivity contribution < 1.29 is 13.7 Å². The summed E-state index contributed by atoms with van der Waals surface area (Å²) >= 11 is 6.25. The molecule has 4 aromatic rings. The molecule has 0 aliphatic heterocycles. The van der Waals surface area contributed by atoms with E-state index in [0.29, 0.717) is 0 Å². The van der Waals surface area contributed by atoms with E-state index in [-0.39, 0.29) is 0 Å². The first kappa shape index (κ1) is 44.4. The van der Waals surface area contributed by atoms with Crippen molar-refractivity contribution in [2.24, 2.45) is 9.98 Å². The summed E-state index contributed by atoms with van der Waals surface area (Å²) in [6.45, 7) is 16.2. The quantitative estimate of drug-likeness (QED) is 0.0391. The minimum absolute atomic E-state index is 0.920. The van der Waals surface area contributed by atoms with E-state index in [1.54, 1.807) is 6.92 Å². The summed E-state index contributed by atoms with van der Waals surface area (Å²) < 4.78 is 0. The van der Waals surface area contributed by atoms with Crippen molar-refractivity contribution in [2.45, 2.75) is 131 Å². The second-order valence-electron chi connectivity index (χ2n) is 13.0. The number of aryl methyl sites for hydroxylation is 2. The van der Waals surface area contributed by atoms with Crippen molar-refractivity contribution in [1.82, 2.24) is 0 Å². The molecule has 4 heteroatoms. The van der Waals surface area contributed by atoms with E-state index in [2.05, 4.69) is 154 Å². The van der Waals surface area contributed by atoms with Crippen LogP contribution in [0.3, 0.4) is 0 Å². The maximum atomic E-state index is 5.13. The molecule has 279 valence electrons. The Balaban J connectivity index is 0.00000217. The maximum absolute atomic E-state index is 5.13. The van der Waals surface area contributed by atoms with Crippen LogP contribution in [0.25, 0.3) is 22.3 Å². The van der Waals surface area contributed by atoms with Gasteiger partial charge in [0.15, 0.2) is 0 Å². The molecular weight excluding hydrogens is 731 g/mol. The predicted molar refractivity (Wildman–Crippen MR) is 228 cm³/mol. The number of hydrogen-bond acceptors (Lipinski definition) is 2. The third-order valence-corrected chi connectivity index (χ3v) is 9.34. The van der Waals surface area contributed by atoms with Gasteiger partial charge >= 0.3 is 27.9 Å². The van der Waals surface area contributed by atoms with E-state index in [0.717, 1.165) is 42.8 Å². The van der Waals surface area contributed by atoms with Gasteiger partial charge in [0, 0.05) is 6.21 Å². The van der Waals surface area contributed by atoms with E-state index in [1.807, 2.05) is 6.21 Å². The van der Waals surface area contributed by atoms with Crippen LogP contribution in [0.15, 0.2) is 94.9 Å². The van der Waals surface area contributed by atoms with Crippen LogP contribution in [0.5, 0.6) is 0 Å². The van der Waals surface area contributed by atoms with E-state index in [9.17, 15) is 0 Å². The number of rotatable bonds is 19. The van der Waals surface area contributed by atoms with Crippen molar-refractivity contribution in [3.63, 3.8) is 0 Å². The van der Waals surface area contributed by atoms with Crippen molar-refractivity contribution in [3.8, 4) is 22.3 Å². The fraction of sp³-hybridized carbons (Fsp3) is 0.426. The molecule has 0 amide bonds. The molecule has 51 heavy (non-hydrogen) atoms. The molecule has 0 saturated carbocycles. The summed E-state index contributed by atoms with van der Waals surface area (Å²) in [4.78, 5) is 10.2. The second kappa shape index (κ2) is 26.9. The molecule has 0 aliphatic rings. The number of aliphatic imine (C=N–C) groups is 2. The molecule has 0 fully saturated rings. The number of nitrogens with zero attached hydrogens (tertiary/aromatic N) is 2. The molecule has 0 saturated heterocycles. The van der Waals surface area contributed by atoms with Crippen LogP contribution in [0.1, 0.15) is 128 Å². The average Bonchev–Trinajstić information content (AvgIpc) is 3.19. The summed E-state index contributed by atoms with van der Waals surface area (Å²) in [5, 5.41) is 0. The standard InChI is InChI=1S/C45H58N2.C2H5.BrH.Ni/c1-6-10-12-14-15-19-29-38-30-40(32-44(42(38)8-3)36-24-20-16-21-25-36)46-34-35(5)47-41-31-39(28-18-13-11-7-2)43(9-4)45(33-41)37-26-22-17-23-27-37;1-2;;/h16-17,20-27,30-34H,6-15,18-19,28-29H2,1-5H3;1H2,2H3;1H;/q;-1;;+1/p-1. The van der Waals surface area contributed by atoms with Crippen molar-refractivity contribution in [1.29, 1.82) is 0 Å². The Labute approximate surface area is 327 Å². The van der Waals surface area contributed by atoms with E-state index >= 15 is 0 Å². The molecule has 0 heterocycles. The summed E-state index contributed by atoms with van der Waals surface area (Å²) in [6, 6.07) is 30.9. The summed E-state index contributed by atoms with van der Waals surface area (Å²) in [5.74, 6) is 0. The molecule has 2 nitrogen and oxygen atoms in total. The topological polar surface area (TPSA) is 24.7 Å². The monoisotopic (exact) mass is 792 g/mol. The zero-order valence-electron chi connectivity index (χ0n) is 32.4. The Bertz CT molecular complexity index is 1580. The Hall–Kier alpha value is -2.81. The third kappa shape index (κ3) is 15.0. The Morgan fingerprint density at radius 1 is 0.588 bits per heavy atom. The van der Waals surface area contributed by atoms with Crippen molar-refractivity contribution in [3.05, 3.63) is 114 Å². The van der Waals surface area contributed by atoms with Gasteiger partial charge in [0.05, 0.1) is 17.1 Å². The van der Waals surface area contributed by atoms with Crippen LogP contribution < -0.4 is 0 Å². The van der Waals surface area contributed by atoms with Gasteiger partial charge in [-0.2, -0.15) is 6.92 Å². The molecule has 4 rings (SSSR count). The molecule has 0 N–H and O–H groups in total. The SMILES string of the molecule is CCCCCCCCc1cc(N=CC(C)=Nc2cc(CCCCCC)c(CC)c(-c3ccccc3)c2)cc(-c2ccccc2)c1CC.[CH2-]C.[Ni][Br]. The van der Waals surface area contributed by atoms with Gasteiger partial charge < -0.3 is 6.92 Å². The van der Waals surface area contributed by atoms with Crippen molar-refractivity contribution in [2.75, 3.05) is 0 Å². The van der Waals surface area contributed by atoms with Crippen LogP contribution in [0.2, 0.25) is 0 Å². The molecule has 0 aromatic heterocycles. The van der Waals surface area contributed by atoms with Gasteiger partial charge in [-0.15, -0.1) is 0 Å². The van der Waals surface area contributed by atoms with Gasteiger partial charge in [-0.25, -0.2) is 0 Å². The average molecular weight is 795 g/mol. The Morgan fingerprint density at radius 2 is 1.00 bits per heavy atom. The number of unbranched alkanes of at least 4 members (excludes halogenated alkanes) is 8. The number of hydrogen-bond donors (Lipinski definition) is 0. The fourth-order valence-corrected chi connectivity index (χ4v) is 6.84. The summed E-state index contributed by atoms with van der Waals surface area (Å²) in [5.41, 5.74) is 13.9. The van der Waals surface area contributed by atoms with E-state index < -0.39 is 0 Å². The molecule has 0 spiro atoms. The van der Waals surface area contributed by atoms with Crippen LogP contribution in [-0.2, 0) is 39.4 Å². The molecule has 0 atom stereocenters. The predicted octanol–water partition coefficient (Wildman–Crippen LogP) is 15.3. The van der Waals surface area contributed by atoms with Gasteiger partial charge in [0.25, 0.3) is 0 Å². The Kier molecular flexibility index (Phi) is 23.4. The van der Waals surface area contributed by atoms with Crippen LogP contribution in [-0.4, -0.2) is 11.9 Å². The van der Waals surface area contributed by atoms with Gasteiger partial charge in [-0.1, -0.05) is 140 Å². The Morgan fingerprint density at radius 3 is 1.47 bits per heavy atom. The zero-order chi connectivity index (χ0) is 37.3. The van der Waals surface area contributed by atoms with Crippen LogP contribution >= 0.6 is 14.2 Å². The summed E-state index contributed by atoms with van der Waals surface area (Å²) in [7, 11) is 0. The fourth-order valence-electron chi connectivity index (χ4n) is 6.84. The van der Waals surface area contributed by atoms with Gasteiger partial charge in [0.1, 0.15) is 0 Å². The molecule has 0 bridgehead atoms. The molecule has 0 aliphatic carbocycles. The molecule has 0 unspecified atom stereocenters. The van der Waals surface area contributed by atoms with Gasteiger partial charge in [0.2, 0.25) is 0 Å². The van der Waals surface area contributed by atoms with Gasteiger partial charge in [-0.3, -0.25) is 9.98 Å². The van der Waals surface area contributed by atoms with E-state index in [1.165, 1.54) is 109 Å². The zero-order valence-corrected chi connectivity index (χ0v) is 34.9. The third-order valence-electron chi connectivity index (χ3n) is 9.34. The second-order valence-corrected chi connectivity index (χ2v) is 13.0. The van der Waals surface area contributed by atoms with E-state index in [4.69, 9.17) is 9.98 Å². The van der Waals surface area contributed by atoms with Crippen LogP contribution in [0, 0.1) is 6.92 Å². The van der Waals surface area contributed by atoms with Gasteiger partial charge in [-0.05, 0) is 114 Å². The first-order valence-electron chi connectivity index (χ1n) is 19.4. The molecular formula is C47H63BrN2Ni-. The molecule has 0 radical (unpaired) electrons. The number of benzene rings is 4. The van der Waals surface area contributed by atoms with Crippen molar-refractivity contribution >= 4 is 37.5 Å². The number of halogens is 1. The van der Waals surface area contributed by atoms with Crippen LogP contribution in [0.4, 0.5) is 11.4 Å². The molecule has 4 aromatic carbocycles.